The Labute approximate surface area is 192 Å². The fourth-order valence-corrected chi connectivity index (χ4v) is 3.31. The van der Waals surface area contributed by atoms with Crippen molar-refractivity contribution < 1.29 is 38.8 Å². The maximum atomic E-state index is 10.3. The molecule has 9 nitrogen and oxygen atoms in total. The molecule has 3 N–H and O–H groups in total. The topological polar surface area (TPSA) is 130 Å². The van der Waals surface area contributed by atoms with Gasteiger partial charge in [0.1, 0.15) is 25.1 Å². The van der Waals surface area contributed by atoms with Gasteiger partial charge in [-0.25, -0.2) is 9.59 Å². The number of rotatable bonds is 10. The van der Waals surface area contributed by atoms with Gasteiger partial charge in [0.05, 0.1) is 6.26 Å². The molecule has 180 valence electrons. The van der Waals surface area contributed by atoms with Crippen LogP contribution in [-0.2, 0) is 16.2 Å². The summed E-state index contributed by atoms with van der Waals surface area (Å²) in [5.41, 5.74) is 0. The number of hydrogen-bond acceptors (Lipinski definition) is 7. The lowest BCUT2D eigenvalue weighted by Crippen LogP contribution is -2.43. The van der Waals surface area contributed by atoms with Crippen molar-refractivity contribution in [1.29, 1.82) is 0 Å². The molecule has 0 bridgehead atoms. The molecule has 2 unspecified atom stereocenters. The van der Waals surface area contributed by atoms with Crippen LogP contribution in [0.4, 0.5) is 0 Å². The van der Waals surface area contributed by atoms with E-state index in [2.05, 4.69) is 11.8 Å². The largest absolute Gasteiger partial charge is 0.487 e. The zero-order valence-corrected chi connectivity index (χ0v) is 18.6. The quantitative estimate of drug-likeness (QED) is 0.457. The molecule has 33 heavy (non-hydrogen) atoms. The van der Waals surface area contributed by atoms with Crippen LogP contribution in [0.15, 0.2) is 59.2 Å². The number of aliphatic hydroxyl groups is 1. The maximum Gasteiger partial charge on any atom is 0.328 e. The van der Waals surface area contributed by atoms with Crippen LogP contribution in [-0.4, -0.2) is 64.0 Å². The van der Waals surface area contributed by atoms with Crippen molar-refractivity contribution >= 4 is 11.9 Å². The van der Waals surface area contributed by atoms with Crippen molar-refractivity contribution in [1.82, 2.24) is 4.90 Å². The second kappa shape index (κ2) is 14.0. The molecule has 2 heterocycles. The van der Waals surface area contributed by atoms with Crippen molar-refractivity contribution in [3.63, 3.8) is 0 Å². The number of β-amino-alcohol motifs (C(OH)–C–C–N with tert-alkyl or cyclic N) is 1. The van der Waals surface area contributed by atoms with Gasteiger partial charge in [-0.05, 0) is 50.6 Å². The molecule has 0 radical (unpaired) electrons. The van der Waals surface area contributed by atoms with Gasteiger partial charge in [0.15, 0.2) is 11.5 Å². The normalized spacial score (nSPS) is 17.1. The van der Waals surface area contributed by atoms with E-state index in [-0.39, 0.29) is 6.61 Å². The summed E-state index contributed by atoms with van der Waals surface area (Å²) in [6.45, 7) is 4.54. The van der Waals surface area contributed by atoms with Crippen molar-refractivity contribution in [3.05, 3.63) is 60.6 Å². The smallest absolute Gasteiger partial charge is 0.328 e. The third-order valence-corrected chi connectivity index (χ3v) is 4.98. The molecule has 1 aromatic carbocycles. The molecular formula is C24H31NO8. The molecule has 2 atom stereocenters. The van der Waals surface area contributed by atoms with Gasteiger partial charge >= 0.3 is 11.9 Å². The Hall–Kier alpha value is -3.30. The van der Waals surface area contributed by atoms with Crippen LogP contribution in [0.2, 0.25) is 0 Å². The average molecular weight is 462 g/mol. The number of carboxylic acid groups (broad SMARTS) is 2. The number of carboxylic acids is 2. The van der Waals surface area contributed by atoms with Crippen LogP contribution in [0.3, 0.4) is 0 Å². The van der Waals surface area contributed by atoms with Gasteiger partial charge < -0.3 is 29.2 Å². The first-order chi connectivity index (χ1) is 15.8. The van der Waals surface area contributed by atoms with Gasteiger partial charge in [-0.3, -0.25) is 4.90 Å². The SMILES string of the molecule is CC1CCCCN1CC(O)COc1ccccc1OCc1ccco1.O=C(O)C=CC(=O)O. The molecule has 9 heteroatoms. The Balaban J connectivity index is 0.000000414. The summed E-state index contributed by atoms with van der Waals surface area (Å²) in [5, 5.41) is 26.0. The van der Waals surface area contributed by atoms with Crippen LogP contribution in [0, 0.1) is 0 Å². The minimum Gasteiger partial charge on any atom is -0.487 e. The molecule has 2 aromatic rings. The molecule has 1 saturated heterocycles. The molecule has 1 aromatic heterocycles. The van der Waals surface area contributed by atoms with Gasteiger partial charge in [0.25, 0.3) is 0 Å². The number of aliphatic hydroxyl groups excluding tert-OH is 1. The van der Waals surface area contributed by atoms with Gasteiger partial charge in [0, 0.05) is 24.7 Å². The van der Waals surface area contributed by atoms with Crippen molar-refractivity contribution in [3.8, 4) is 11.5 Å². The van der Waals surface area contributed by atoms with Crippen molar-refractivity contribution in [2.24, 2.45) is 0 Å². The summed E-state index contributed by atoms with van der Waals surface area (Å²) < 4.78 is 16.9. The molecule has 1 aliphatic heterocycles. The Kier molecular flexibility index (Phi) is 11.0. The Morgan fingerprint density at radius 1 is 1.09 bits per heavy atom. The maximum absolute atomic E-state index is 10.3. The molecule has 1 aliphatic rings. The first-order valence-corrected chi connectivity index (χ1v) is 10.8. The zero-order chi connectivity index (χ0) is 24.1. The Morgan fingerprint density at radius 3 is 2.33 bits per heavy atom. The fraction of sp³-hybridized carbons (Fsp3) is 0.417. The molecule has 0 amide bonds. The van der Waals surface area contributed by atoms with Crippen LogP contribution in [0.5, 0.6) is 11.5 Å². The summed E-state index contributed by atoms with van der Waals surface area (Å²) in [6.07, 6.45) is 5.92. The highest BCUT2D eigenvalue weighted by Crippen LogP contribution is 2.27. The van der Waals surface area contributed by atoms with Gasteiger partial charge in [0.2, 0.25) is 0 Å². The minimum absolute atomic E-state index is 0.254. The van der Waals surface area contributed by atoms with E-state index in [4.69, 9.17) is 24.1 Å². The van der Waals surface area contributed by atoms with Gasteiger partial charge in [-0.15, -0.1) is 0 Å². The van der Waals surface area contributed by atoms with Crippen molar-refractivity contribution in [2.45, 2.75) is 44.9 Å². The Morgan fingerprint density at radius 2 is 1.76 bits per heavy atom. The molecule has 3 rings (SSSR count). The van der Waals surface area contributed by atoms with E-state index in [0.29, 0.717) is 42.8 Å². The fourth-order valence-electron chi connectivity index (χ4n) is 3.31. The highest BCUT2D eigenvalue weighted by Gasteiger charge is 2.21. The predicted octanol–water partition coefficient (Wildman–Crippen LogP) is 3.18. The first kappa shape index (κ1) is 26.0. The number of carbonyl (C=O) groups is 2. The van der Waals surface area contributed by atoms with E-state index >= 15 is 0 Å². The van der Waals surface area contributed by atoms with E-state index in [1.807, 2.05) is 36.4 Å². The van der Waals surface area contributed by atoms with Gasteiger partial charge in [-0.2, -0.15) is 0 Å². The zero-order valence-electron chi connectivity index (χ0n) is 18.6. The van der Waals surface area contributed by atoms with Crippen molar-refractivity contribution in [2.75, 3.05) is 19.7 Å². The van der Waals surface area contributed by atoms with E-state index in [1.54, 1.807) is 6.26 Å². The predicted molar refractivity (Wildman–Crippen MR) is 120 cm³/mol. The average Bonchev–Trinajstić information content (AvgIpc) is 3.31. The second-order valence-corrected chi connectivity index (χ2v) is 7.63. The summed E-state index contributed by atoms with van der Waals surface area (Å²) in [5.74, 6) is -0.467. The number of hydrogen-bond donors (Lipinski definition) is 3. The monoisotopic (exact) mass is 461 g/mol. The molecule has 0 aliphatic carbocycles. The van der Waals surface area contributed by atoms with E-state index in [1.165, 1.54) is 19.3 Å². The minimum atomic E-state index is -1.26. The van der Waals surface area contributed by atoms with E-state index in [0.717, 1.165) is 12.3 Å². The van der Waals surface area contributed by atoms with Crippen LogP contribution < -0.4 is 9.47 Å². The lowest BCUT2D eigenvalue weighted by molar-refractivity contribution is -0.134. The standard InChI is InChI=1S/C20H27NO4.C4H4O4/c1-16-7-4-5-11-21(16)13-17(22)14-24-19-9-2-3-10-20(19)25-15-18-8-6-12-23-18;5-3(6)1-2-4(7)8/h2-3,6,8-10,12,16-17,22H,4-5,7,11,13-15H2,1H3;1-2H,(H,5,6)(H,7,8). The summed E-state index contributed by atoms with van der Waals surface area (Å²) in [4.78, 5) is 21.5. The molecule has 0 saturated carbocycles. The third-order valence-electron chi connectivity index (χ3n) is 4.98. The lowest BCUT2D eigenvalue weighted by atomic mass is 10.0. The number of furan rings is 1. The van der Waals surface area contributed by atoms with Gasteiger partial charge in [-0.1, -0.05) is 18.6 Å². The number of aliphatic carboxylic acids is 2. The lowest BCUT2D eigenvalue weighted by Gasteiger charge is -2.34. The summed E-state index contributed by atoms with van der Waals surface area (Å²) in [7, 11) is 0. The highest BCUT2D eigenvalue weighted by molar-refractivity contribution is 5.89. The van der Waals surface area contributed by atoms with Crippen LogP contribution >= 0.6 is 0 Å². The van der Waals surface area contributed by atoms with Crippen LogP contribution in [0.1, 0.15) is 31.9 Å². The number of piperidine rings is 1. The number of likely N-dealkylation sites (tertiary alicyclic amines) is 1. The van der Waals surface area contributed by atoms with Crippen LogP contribution in [0.25, 0.3) is 0 Å². The summed E-state index contributed by atoms with van der Waals surface area (Å²) >= 11 is 0. The number of benzene rings is 1. The number of ether oxygens (including phenoxy) is 2. The summed E-state index contributed by atoms with van der Waals surface area (Å²) in [6, 6.07) is 11.7. The molecular weight excluding hydrogens is 430 g/mol. The number of nitrogens with zero attached hydrogens (tertiary/aromatic N) is 1. The van der Waals surface area contributed by atoms with E-state index < -0.39 is 18.0 Å². The first-order valence-electron chi connectivity index (χ1n) is 10.8. The highest BCUT2D eigenvalue weighted by atomic mass is 16.5. The Bertz CT molecular complexity index is 864. The van der Waals surface area contributed by atoms with E-state index in [9.17, 15) is 14.7 Å². The second-order valence-electron chi connectivity index (χ2n) is 7.63. The third kappa shape index (κ3) is 10.2. The number of para-hydroxylation sites is 2. The molecule has 0 spiro atoms. The molecule has 1 fully saturated rings.